The van der Waals surface area contributed by atoms with E-state index in [0.717, 1.165) is 17.1 Å². The van der Waals surface area contributed by atoms with E-state index in [0.29, 0.717) is 38.2 Å². The molecule has 30 heavy (non-hydrogen) atoms. The number of benzene rings is 1. The van der Waals surface area contributed by atoms with E-state index in [9.17, 15) is 4.79 Å². The highest BCUT2D eigenvalue weighted by atomic mass is 16.5. The number of hydrogen-bond acceptors (Lipinski definition) is 7. The van der Waals surface area contributed by atoms with Crippen LogP contribution in [0, 0.1) is 0 Å². The van der Waals surface area contributed by atoms with Crippen molar-refractivity contribution in [3.63, 3.8) is 0 Å². The first-order chi connectivity index (χ1) is 14.6. The number of anilines is 1. The highest BCUT2D eigenvalue weighted by molar-refractivity contribution is 5.82. The fraction of sp³-hybridized carbons (Fsp3) is 0.333. The minimum atomic E-state index is -0.722. The van der Waals surface area contributed by atoms with Gasteiger partial charge in [-0.05, 0) is 12.5 Å². The number of hydrogen-bond donors (Lipinski definition) is 2. The molecule has 1 unspecified atom stereocenters. The van der Waals surface area contributed by atoms with E-state index in [4.69, 9.17) is 9.84 Å². The van der Waals surface area contributed by atoms with E-state index >= 15 is 0 Å². The first kappa shape index (κ1) is 20.0. The van der Waals surface area contributed by atoms with Crippen LogP contribution in [-0.4, -0.2) is 74.6 Å². The summed E-state index contributed by atoms with van der Waals surface area (Å²) in [5, 5.41) is 16.6. The van der Waals surface area contributed by atoms with Crippen molar-refractivity contribution in [2.24, 2.45) is 0 Å². The number of aliphatic hydroxyl groups excluding tert-OH is 1. The van der Waals surface area contributed by atoms with Crippen LogP contribution in [0.4, 0.5) is 5.95 Å². The number of nitrogens with zero attached hydrogens (tertiary/aromatic N) is 5. The van der Waals surface area contributed by atoms with Crippen LogP contribution in [0.25, 0.3) is 17.1 Å². The molecule has 9 nitrogen and oxygen atoms in total. The van der Waals surface area contributed by atoms with Crippen LogP contribution in [0.1, 0.15) is 6.42 Å². The summed E-state index contributed by atoms with van der Waals surface area (Å²) in [6.45, 7) is 2.10. The zero-order valence-corrected chi connectivity index (χ0v) is 16.7. The van der Waals surface area contributed by atoms with Gasteiger partial charge in [-0.1, -0.05) is 30.3 Å². The Kier molecular flexibility index (Phi) is 6.01. The molecule has 4 heterocycles. The molecule has 5 rings (SSSR count). The SMILES string of the molecule is CN1CCC(O)C1=O.c1ccc(-c2ccn(-c3ccnc(NC4COC4)n3)n2)cc1. The van der Waals surface area contributed by atoms with Crippen LogP contribution < -0.4 is 5.32 Å². The predicted molar refractivity (Wildman–Crippen MR) is 111 cm³/mol. The van der Waals surface area contributed by atoms with Crippen LogP contribution in [0.3, 0.4) is 0 Å². The van der Waals surface area contributed by atoms with Gasteiger partial charge in [-0.3, -0.25) is 4.79 Å². The minimum absolute atomic E-state index is 0.148. The summed E-state index contributed by atoms with van der Waals surface area (Å²) in [7, 11) is 1.69. The largest absolute Gasteiger partial charge is 0.383 e. The van der Waals surface area contributed by atoms with Crippen molar-refractivity contribution in [3.05, 3.63) is 54.9 Å². The summed E-state index contributed by atoms with van der Waals surface area (Å²) in [4.78, 5) is 20.8. The molecule has 1 amide bonds. The van der Waals surface area contributed by atoms with Crippen LogP contribution in [0.15, 0.2) is 54.9 Å². The summed E-state index contributed by atoms with van der Waals surface area (Å²) >= 11 is 0. The fourth-order valence-electron chi connectivity index (χ4n) is 3.07. The molecule has 2 N–H and O–H groups in total. The average molecular weight is 408 g/mol. The summed E-state index contributed by atoms with van der Waals surface area (Å²) in [5.41, 5.74) is 2.00. The molecular formula is C21H24N6O3. The molecule has 0 aliphatic carbocycles. The molecule has 0 radical (unpaired) electrons. The van der Waals surface area contributed by atoms with E-state index < -0.39 is 6.10 Å². The molecule has 1 aromatic carbocycles. The Morgan fingerprint density at radius 3 is 2.57 bits per heavy atom. The molecular weight excluding hydrogens is 384 g/mol. The number of likely N-dealkylation sites (N-methyl/N-ethyl adjacent to an activating group) is 1. The molecule has 2 aliphatic rings. The summed E-state index contributed by atoms with van der Waals surface area (Å²) in [6.07, 6.45) is 3.50. The number of likely N-dealkylation sites (tertiary alicyclic amines) is 1. The minimum Gasteiger partial charge on any atom is -0.383 e. The summed E-state index contributed by atoms with van der Waals surface area (Å²) in [5.74, 6) is 1.19. The maximum atomic E-state index is 10.6. The van der Waals surface area contributed by atoms with Crippen LogP contribution in [-0.2, 0) is 9.53 Å². The normalized spacial score (nSPS) is 18.5. The Hall–Kier alpha value is -3.30. The Labute approximate surface area is 174 Å². The average Bonchev–Trinajstić information content (AvgIpc) is 3.35. The number of carbonyl (C=O) groups is 1. The van der Waals surface area contributed by atoms with Gasteiger partial charge < -0.3 is 20.1 Å². The molecule has 0 saturated carbocycles. The molecule has 156 valence electrons. The second-order valence-electron chi connectivity index (χ2n) is 7.19. The van der Waals surface area contributed by atoms with Crippen molar-refractivity contribution in [1.82, 2.24) is 24.6 Å². The number of amides is 1. The Morgan fingerprint density at radius 1 is 1.17 bits per heavy atom. The number of ether oxygens (including phenoxy) is 1. The smallest absolute Gasteiger partial charge is 0.251 e. The number of aromatic nitrogens is 4. The van der Waals surface area contributed by atoms with Gasteiger partial charge in [-0.2, -0.15) is 10.1 Å². The number of carbonyl (C=O) groups excluding carboxylic acids is 1. The highest BCUT2D eigenvalue weighted by Gasteiger charge is 2.26. The van der Waals surface area contributed by atoms with Gasteiger partial charge in [0.15, 0.2) is 5.82 Å². The van der Waals surface area contributed by atoms with E-state index in [2.05, 4.69) is 20.4 Å². The van der Waals surface area contributed by atoms with E-state index in [1.165, 1.54) is 4.90 Å². The van der Waals surface area contributed by atoms with Gasteiger partial charge in [0.2, 0.25) is 5.95 Å². The molecule has 2 fully saturated rings. The lowest BCUT2D eigenvalue weighted by Crippen LogP contribution is -2.40. The molecule has 0 bridgehead atoms. The monoisotopic (exact) mass is 408 g/mol. The number of rotatable bonds is 4. The van der Waals surface area contributed by atoms with Gasteiger partial charge in [0.25, 0.3) is 5.91 Å². The maximum Gasteiger partial charge on any atom is 0.251 e. The predicted octanol–water partition coefficient (Wildman–Crippen LogP) is 1.35. The van der Waals surface area contributed by atoms with Gasteiger partial charge in [-0.25, -0.2) is 9.67 Å². The van der Waals surface area contributed by atoms with E-state index in [1.54, 1.807) is 17.9 Å². The van der Waals surface area contributed by atoms with Crippen LogP contribution in [0.2, 0.25) is 0 Å². The quantitative estimate of drug-likeness (QED) is 0.671. The molecule has 1 atom stereocenters. The lowest BCUT2D eigenvalue weighted by molar-refractivity contribution is -0.133. The van der Waals surface area contributed by atoms with Gasteiger partial charge >= 0.3 is 0 Å². The second kappa shape index (κ2) is 9.02. The fourth-order valence-corrected chi connectivity index (χ4v) is 3.07. The molecule has 3 aromatic rings. The third kappa shape index (κ3) is 4.64. The van der Waals surface area contributed by atoms with Gasteiger partial charge in [0.05, 0.1) is 24.9 Å². The zero-order chi connectivity index (χ0) is 20.9. The summed E-state index contributed by atoms with van der Waals surface area (Å²) in [6, 6.07) is 14.2. The van der Waals surface area contributed by atoms with Gasteiger partial charge in [0, 0.05) is 37.6 Å². The van der Waals surface area contributed by atoms with Crippen molar-refractivity contribution in [2.45, 2.75) is 18.6 Å². The van der Waals surface area contributed by atoms with Crippen molar-refractivity contribution in [2.75, 3.05) is 32.1 Å². The maximum absolute atomic E-state index is 10.6. The van der Waals surface area contributed by atoms with Crippen LogP contribution >= 0.6 is 0 Å². The lowest BCUT2D eigenvalue weighted by atomic mass is 10.2. The lowest BCUT2D eigenvalue weighted by Gasteiger charge is -2.26. The Bertz CT molecular complexity index is 977. The Morgan fingerprint density at radius 2 is 1.97 bits per heavy atom. The van der Waals surface area contributed by atoms with Crippen LogP contribution in [0.5, 0.6) is 0 Å². The van der Waals surface area contributed by atoms with Crippen molar-refractivity contribution >= 4 is 11.9 Å². The molecule has 9 heteroatoms. The molecule has 2 saturated heterocycles. The van der Waals surface area contributed by atoms with Crippen molar-refractivity contribution in [3.8, 4) is 17.1 Å². The topological polar surface area (TPSA) is 105 Å². The van der Waals surface area contributed by atoms with E-state index in [-0.39, 0.29) is 5.91 Å². The van der Waals surface area contributed by atoms with Crippen molar-refractivity contribution < 1.29 is 14.6 Å². The first-order valence-electron chi connectivity index (χ1n) is 9.82. The van der Waals surface area contributed by atoms with Gasteiger partial charge in [0.1, 0.15) is 6.10 Å². The number of aliphatic hydroxyl groups is 1. The third-order valence-corrected chi connectivity index (χ3v) is 4.90. The van der Waals surface area contributed by atoms with Gasteiger partial charge in [-0.15, -0.1) is 0 Å². The van der Waals surface area contributed by atoms with E-state index in [1.807, 2.05) is 48.7 Å². The molecule has 2 aliphatic heterocycles. The standard InChI is InChI=1S/C16H15N5O.C5H9NO2/c1-2-4-12(5-3-1)14-7-9-21(20-14)15-6-8-17-16(19-15)18-13-10-22-11-13;1-6-3-2-4(7)5(6)8/h1-9,13H,10-11H2,(H,17,18,19);4,7H,2-3H2,1H3. The molecule has 2 aromatic heterocycles. The first-order valence-corrected chi connectivity index (χ1v) is 9.82. The van der Waals surface area contributed by atoms with Crippen molar-refractivity contribution in [1.29, 1.82) is 0 Å². The highest BCUT2D eigenvalue weighted by Crippen LogP contribution is 2.18. The Balaban J connectivity index is 0.000000230. The second-order valence-corrected chi connectivity index (χ2v) is 7.19. The summed E-state index contributed by atoms with van der Waals surface area (Å²) < 4.78 is 6.90. The third-order valence-electron chi connectivity index (χ3n) is 4.90. The number of nitrogens with one attached hydrogen (secondary N) is 1. The zero-order valence-electron chi connectivity index (χ0n) is 16.7. The molecule has 0 spiro atoms.